The van der Waals surface area contributed by atoms with Crippen LogP contribution in [0.5, 0.6) is 0 Å². The third-order valence-corrected chi connectivity index (χ3v) is 3.22. The second-order valence-electron chi connectivity index (χ2n) is 5.25. The Bertz CT molecular complexity index is 646. The molecule has 0 heterocycles. The fraction of sp³-hybridized carbons (Fsp3) is 0.222. The summed E-state index contributed by atoms with van der Waals surface area (Å²) in [5.74, 6) is -0.262. The van der Waals surface area contributed by atoms with Gasteiger partial charge in [0.15, 0.2) is 0 Å². The first kappa shape index (κ1) is 15.8. The Balaban J connectivity index is 1.79. The second-order valence-corrected chi connectivity index (χ2v) is 5.25. The van der Waals surface area contributed by atoms with Gasteiger partial charge >= 0.3 is 0 Å². The molecule has 0 unspecified atom stereocenters. The second kappa shape index (κ2) is 7.41. The van der Waals surface area contributed by atoms with Crippen LogP contribution in [0.2, 0.25) is 0 Å². The maximum Gasteiger partial charge on any atom is 0.251 e. The van der Waals surface area contributed by atoms with Crippen LogP contribution in [0.3, 0.4) is 0 Å². The molecule has 114 valence electrons. The third-order valence-electron chi connectivity index (χ3n) is 3.22. The zero-order chi connectivity index (χ0) is 15.9. The van der Waals surface area contributed by atoms with E-state index in [2.05, 4.69) is 10.6 Å². The molecule has 4 heteroatoms. The lowest BCUT2D eigenvalue weighted by Gasteiger charge is -2.08. The molecule has 0 bridgehead atoms. The van der Waals surface area contributed by atoms with Crippen LogP contribution < -0.4 is 10.6 Å². The molecule has 2 N–H and O–H groups in total. The van der Waals surface area contributed by atoms with Gasteiger partial charge in [0.1, 0.15) is 0 Å². The topological polar surface area (TPSA) is 58.2 Å². The van der Waals surface area contributed by atoms with Crippen LogP contribution in [-0.2, 0) is 0 Å². The van der Waals surface area contributed by atoms with E-state index in [1.54, 1.807) is 12.1 Å². The number of amides is 2. The molecule has 2 aromatic rings. The first-order valence-electron chi connectivity index (χ1n) is 7.26. The molecule has 0 atom stereocenters. The maximum atomic E-state index is 12.0. The first-order chi connectivity index (χ1) is 10.6. The predicted molar refractivity (Wildman–Crippen MR) is 87.0 cm³/mol. The number of rotatable bonds is 5. The standard InChI is InChI=1S/C18H20N2O2/c1-13-10-14(2)12-16(11-13)18(22)20-9-8-19-17(21)15-6-4-3-5-7-15/h3-7,10-12H,8-9H2,1-2H3,(H,19,21)(H,20,22). The molecule has 0 saturated carbocycles. The number of carbonyl (C=O) groups excluding carboxylic acids is 2. The summed E-state index contributed by atoms with van der Waals surface area (Å²) < 4.78 is 0. The Morgan fingerprint density at radius 3 is 1.82 bits per heavy atom. The number of carbonyl (C=O) groups is 2. The minimum absolute atomic E-state index is 0.124. The molecule has 2 amide bonds. The van der Waals surface area contributed by atoms with Crippen molar-refractivity contribution in [1.29, 1.82) is 0 Å². The summed E-state index contributed by atoms with van der Waals surface area (Å²) >= 11 is 0. The van der Waals surface area contributed by atoms with Crippen LogP contribution in [0.4, 0.5) is 0 Å². The molecule has 2 aromatic carbocycles. The molecule has 0 fully saturated rings. The number of benzene rings is 2. The zero-order valence-corrected chi connectivity index (χ0v) is 12.8. The van der Waals surface area contributed by atoms with Crippen molar-refractivity contribution >= 4 is 11.8 Å². The van der Waals surface area contributed by atoms with Crippen LogP contribution in [0.1, 0.15) is 31.8 Å². The largest absolute Gasteiger partial charge is 0.350 e. The minimum Gasteiger partial charge on any atom is -0.350 e. The van der Waals surface area contributed by atoms with Crippen molar-refractivity contribution in [2.45, 2.75) is 13.8 Å². The molecule has 2 rings (SSSR count). The zero-order valence-electron chi connectivity index (χ0n) is 12.8. The summed E-state index contributed by atoms with van der Waals surface area (Å²) in [6, 6.07) is 14.7. The summed E-state index contributed by atoms with van der Waals surface area (Å²) in [5, 5.41) is 5.58. The number of hydrogen-bond acceptors (Lipinski definition) is 2. The summed E-state index contributed by atoms with van der Waals surface area (Å²) in [5.41, 5.74) is 3.38. The van der Waals surface area contributed by atoms with Gasteiger partial charge in [-0.05, 0) is 38.1 Å². The smallest absolute Gasteiger partial charge is 0.251 e. The van der Waals surface area contributed by atoms with E-state index < -0.39 is 0 Å². The van der Waals surface area contributed by atoms with Gasteiger partial charge in [0.25, 0.3) is 11.8 Å². The molecule has 0 saturated heterocycles. The average molecular weight is 296 g/mol. The highest BCUT2D eigenvalue weighted by Gasteiger charge is 2.07. The van der Waals surface area contributed by atoms with E-state index in [9.17, 15) is 9.59 Å². The van der Waals surface area contributed by atoms with Gasteiger partial charge in [-0.15, -0.1) is 0 Å². The Morgan fingerprint density at radius 2 is 1.27 bits per heavy atom. The normalized spacial score (nSPS) is 10.1. The lowest BCUT2D eigenvalue weighted by Crippen LogP contribution is -2.34. The molecule has 22 heavy (non-hydrogen) atoms. The fourth-order valence-electron chi connectivity index (χ4n) is 2.25. The van der Waals surface area contributed by atoms with Gasteiger partial charge in [-0.1, -0.05) is 35.4 Å². The molecular weight excluding hydrogens is 276 g/mol. The Hall–Kier alpha value is -2.62. The predicted octanol–water partition coefficient (Wildman–Crippen LogP) is 2.46. The summed E-state index contributed by atoms with van der Waals surface area (Å²) in [6.07, 6.45) is 0. The van der Waals surface area contributed by atoms with Crippen molar-refractivity contribution in [3.63, 3.8) is 0 Å². The van der Waals surface area contributed by atoms with Crippen molar-refractivity contribution in [3.05, 3.63) is 70.8 Å². The number of hydrogen-bond donors (Lipinski definition) is 2. The highest BCUT2D eigenvalue weighted by atomic mass is 16.2. The van der Waals surface area contributed by atoms with E-state index in [1.807, 2.05) is 50.2 Å². The summed E-state index contributed by atoms with van der Waals surface area (Å²) in [4.78, 5) is 23.9. The van der Waals surface area contributed by atoms with E-state index in [-0.39, 0.29) is 11.8 Å². The van der Waals surface area contributed by atoms with Gasteiger partial charge in [0.05, 0.1) is 0 Å². The number of nitrogens with one attached hydrogen (secondary N) is 2. The Kier molecular flexibility index (Phi) is 5.31. The molecule has 0 aliphatic heterocycles. The van der Waals surface area contributed by atoms with Gasteiger partial charge < -0.3 is 10.6 Å². The molecule has 0 aromatic heterocycles. The van der Waals surface area contributed by atoms with E-state index in [0.29, 0.717) is 24.2 Å². The quantitative estimate of drug-likeness (QED) is 0.833. The van der Waals surface area contributed by atoms with Crippen molar-refractivity contribution in [2.75, 3.05) is 13.1 Å². The lowest BCUT2D eigenvalue weighted by molar-refractivity contribution is 0.0927. The van der Waals surface area contributed by atoms with Crippen molar-refractivity contribution in [3.8, 4) is 0 Å². The fourth-order valence-corrected chi connectivity index (χ4v) is 2.25. The van der Waals surface area contributed by atoms with Crippen LogP contribution >= 0.6 is 0 Å². The van der Waals surface area contributed by atoms with Crippen LogP contribution in [0.15, 0.2) is 48.5 Å². The number of aryl methyl sites for hydroxylation is 2. The average Bonchev–Trinajstić information content (AvgIpc) is 2.51. The summed E-state index contributed by atoms with van der Waals surface area (Å²) in [7, 11) is 0. The van der Waals surface area contributed by atoms with Gasteiger partial charge in [-0.25, -0.2) is 0 Å². The first-order valence-corrected chi connectivity index (χ1v) is 7.26. The summed E-state index contributed by atoms with van der Waals surface area (Å²) in [6.45, 7) is 4.71. The van der Waals surface area contributed by atoms with Crippen LogP contribution in [0, 0.1) is 13.8 Å². The molecule has 0 aliphatic carbocycles. The van der Waals surface area contributed by atoms with Crippen molar-refractivity contribution in [2.24, 2.45) is 0 Å². The third kappa shape index (κ3) is 4.45. The van der Waals surface area contributed by atoms with Crippen LogP contribution in [0.25, 0.3) is 0 Å². The molecular formula is C18H20N2O2. The van der Waals surface area contributed by atoms with E-state index >= 15 is 0 Å². The molecule has 0 spiro atoms. The Morgan fingerprint density at radius 1 is 0.773 bits per heavy atom. The van der Waals surface area contributed by atoms with Crippen molar-refractivity contribution < 1.29 is 9.59 Å². The van der Waals surface area contributed by atoms with Gasteiger partial charge in [0.2, 0.25) is 0 Å². The van der Waals surface area contributed by atoms with Gasteiger partial charge in [-0.2, -0.15) is 0 Å². The molecule has 0 aliphatic rings. The SMILES string of the molecule is Cc1cc(C)cc(C(=O)NCCNC(=O)c2ccccc2)c1. The van der Waals surface area contributed by atoms with Gasteiger partial charge in [0, 0.05) is 24.2 Å². The Labute approximate surface area is 130 Å². The van der Waals surface area contributed by atoms with Gasteiger partial charge in [-0.3, -0.25) is 9.59 Å². The molecule has 0 radical (unpaired) electrons. The minimum atomic E-state index is -0.138. The van der Waals surface area contributed by atoms with Crippen LogP contribution in [-0.4, -0.2) is 24.9 Å². The maximum absolute atomic E-state index is 12.0. The highest BCUT2D eigenvalue weighted by Crippen LogP contribution is 2.08. The van der Waals surface area contributed by atoms with Crippen molar-refractivity contribution in [1.82, 2.24) is 10.6 Å². The van der Waals surface area contributed by atoms with E-state index in [4.69, 9.17) is 0 Å². The highest BCUT2D eigenvalue weighted by molar-refractivity contribution is 5.95. The van der Waals surface area contributed by atoms with E-state index in [1.165, 1.54) is 0 Å². The lowest BCUT2D eigenvalue weighted by atomic mass is 10.1. The molecule has 4 nitrogen and oxygen atoms in total. The monoisotopic (exact) mass is 296 g/mol. The van der Waals surface area contributed by atoms with E-state index in [0.717, 1.165) is 11.1 Å².